The SMILES string of the molecule is CC(=O)N1CC=C(c2nc3c(n2C(C)C)C(c2ccc(Cl)cc2)N(c2cc(C)c4nnc(C)n4c2)C3=O)CC1. The first-order valence-electron chi connectivity index (χ1n) is 13.1. The fourth-order valence-corrected chi connectivity index (χ4v) is 5.85. The molecule has 0 spiro atoms. The molecule has 2 amide bonds. The molecule has 3 aromatic heterocycles. The number of imidazole rings is 1. The van der Waals surface area contributed by atoms with Gasteiger partial charge in [0.15, 0.2) is 11.3 Å². The second-order valence-corrected chi connectivity index (χ2v) is 11.0. The van der Waals surface area contributed by atoms with Crippen LogP contribution < -0.4 is 4.90 Å². The molecule has 0 N–H and O–H groups in total. The Hall–Kier alpha value is -3.98. The van der Waals surface area contributed by atoms with Gasteiger partial charge in [0.05, 0.1) is 11.4 Å². The number of hydrogen-bond donors (Lipinski definition) is 0. The highest BCUT2D eigenvalue weighted by atomic mass is 35.5. The number of amides is 2. The molecule has 9 nitrogen and oxygen atoms in total. The fraction of sp³-hybridized carbons (Fsp3) is 0.345. The van der Waals surface area contributed by atoms with Gasteiger partial charge in [0, 0.05) is 37.3 Å². The van der Waals surface area contributed by atoms with Crippen LogP contribution in [-0.2, 0) is 4.79 Å². The van der Waals surface area contributed by atoms with E-state index in [0.29, 0.717) is 30.2 Å². The molecule has 2 aliphatic rings. The Morgan fingerprint density at radius 1 is 1.13 bits per heavy atom. The van der Waals surface area contributed by atoms with Crippen LogP contribution in [0.3, 0.4) is 0 Å². The van der Waals surface area contributed by atoms with Gasteiger partial charge in [0.2, 0.25) is 5.91 Å². The fourth-order valence-electron chi connectivity index (χ4n) is 5.72. The monoisotopic (exact) mass is 543 g/mol. The van der Waals surface area contributed by atoms with E-state index in [4.69, 9.17) is 16.6 Å². The summed E-state index contributed by atoms with van der Waals surface area (Å²) >= 11 is 6.26. The van der Waals surface area contributed by atoms with Crippen molar-refractivity contribution >= 4 is 40.3 Å². The first kappa shape index (κ1) is 25.3. The highest BCUT2D eigenvalue weighted by Gasteiger charge is 2.45. The van der Waals surface area contributed by atoms with Gasteiger partial charge in [-0.3, -0.25) is 18.9 Å². The number of carbonyl (C=O) groups excluding carboxylic acids is 2. The van der Waals surface area contributed by atoms with Crippen molar-refractivity contribution in [3.63, 3.8) is 0 Å². The Labute approximate surface area is 231 Å². The van der Waals surface area contributed by atoms with E-state index in [1.165, 1.54) is 0 Å². The molecule has 200 valence electrons. The first-order chi connectivity index (χ1) is 18.7. The molecule has 1 unspecified atom stereocenters. The van der Waals surface area contributed by atoms with Gasteiger partial charge < -0.3 is 9.47 Å². The lowest BCUT2D eigenvalue weighted by molar-refractivity contribution is -0.128. The molecule has 1 atom stereocenters. The van der Waals surface area contributed by atoms with E-state index >= 15 is 0 Å². The lowest BCUT2D eigenvalue weighted by Crippen LogP contribution is -2.33. The van der Waals surface area contributed by atoms with Crippen molar-refractivity contribution in [1.82, 2.24) is 29.0 Å². The first-order valence-corrected chi connectivity index (χ1v) is 13.5. The minimum atomic E-state index is -0.403. The number of benzene rings is 1. The summed E-state index contributed by atoms with van der Waals surface area (Å²) in [6.07, 6.45) is 4.67. The molecule has 0 aliphatic carbocycles. The summed E-state index contributed by atoms with van der Waals surface area (Å²) in [6.45, 7) is 10.9. The molecule has 0 saturated carbocycles. The summed E-state index contributed by atoms with van der Waals surface area (Å²) in [7, 11) is 0. The van der Waals surface area contributed by atoms with Gasteiger partial charge in [0.25, 0.3) is 5.91 Å². The number of aryl methyl sites for hydroxylation is 2. The van der Waals surface area contributed by atoms with Crippen LogP contribution in [0.4, 0.5) is 5.69 Å². The Bertz CT molecular complexity index is 1670. The maximum atomic E-state index is 14.2. The summed E-state index contributed by atoms with van der Waals surface area (Å²) in [5.41, 5.74) is 5.75. The van der Waals surface area contributed by atoms with Gasteiger partial charge in [-0.2, -0.15) is 0 Å². The molecule has 0 saturated heterocycles. The lowest BCUT2D eigenvalue weighted by atomic mass is 10.0. The molecule has 2 aliphatic heterocycles. The van der Waals surface area contributed by atoms with Crippen molar-refractivity contribution in [3.05, 3.63) is 81.8 Å². The van der Waals surface area contributed by atoms with E-state index in [2.05, 4.69) is 34.7 Å². The van der Waals surface area contributed by atoms with Crippen molar-refractivity contribution in [2.45, 2.75) is 53.1 Å². The number of halogens is 1. The maximum Gasteiger partial charge on any atom is 0.279 e. The van der Waals surface area contributed by atoms with Crippen LogP contribution in [0.5, 0.6) is 0 Å². The standard InChI is InChI=1S/C29H30ClN7O2/c1-16(2)36-26-24(31-28(36)21-10-12-34(13-11-21)19(5)38)29(39)37(25(26)20-6-8-22(30)9-7-20)23-14-17(3)27-33-32-18(4)35(27)15-23/h6-10,14-16,25H,11-13H2,1-5H3. The van der Waals surface area contributed by atoms with Crippen LogP contribution in [0.2, 0.25) is 5.02 Å². The molecule has 6 rings (SSSR count). The van der Waals surface area contributed by atoms with E-state index in [-0.39, 0.29) is 17.9 Å². The summed E-state index contributed by atoms with van der Waals surface area (Å²) < 4.78 is 4.11. The van der Waals surface area contributed by atoms with Crippen LogP contribution in [0.15, 0.2) is 42.6 Å². The normalized spacial score (nSPS) is 17.4. The molecule has 4 aromatic rings. The van der Waals surface area contributed by atoms with Crippen molar-refractivity contribution in [3.8, 4) is 0 Å². The predicted octanol–water partition coefficient (Wildman–Crippen LogP) is 5.16. The van der Waals surface area contributed by atoms with Crippen molar-refractivity contribution < 1.29 is 9.59 Å². The summed E-state index contributed by atoms with van der Waals surface area (Å²) in [5.74, 6) is 1.45. The Balaban J connectivity index is 1.55. The minimum Gasteiger partial charge on any atom is -0.339 e. The number of hydrogen-bond acceptors (Lipinski definition) is 5. The molecule has 10 heteroatoms. The summed E-state index contributed by atoms with van der Waals surface area (Å²) in [5, 5.41) is 9.14. The Kier molecular flexibility index (Phi) is 6.06. The number of anilines is 1. The van der Waals surface area contributed by atoms with Crippen molar-refractivity contribution in [1.29, 1.82) is 0 Å². The van der Waals surface area contributed by atoms with Crippen LogP contribution in [0.1, 0.15) is 78.2 Å². The molecule has 0 bridgehead atoms. The van der Waals surface area contributed by atoms with Gasteiger partial charge in [-0.25, -0.2) is 4.98 Å². The number of aromatic nitrogens is 5. The predicted molar refractivity (Wildman–Crippen MR) is 150 cm³/mol. The lowest BCUT2D eigenvalue weighted by Gasteiger charge is -2.30. The summed E-state index contributed by atoms with van der Waals surface area (Å²) in [6, 6.07) is 9.28. The maximum absolute atomic E-state index is 14.2. The molecule has 0 fully saturated rings. The zero-order chi connectivity index (χ0) is 27.6. The van der Waals surface area contributed by atoms with Gasteiger partial charge >= 0.3 is 0 Å². The molecular weight excluding hydrogens is 514 g/mol. The number of pyridine rings is 1. The van der Waals surface area contributed by atoms with Gasteiger partial charge in [-0.15, -0.1) is 10.2 Å². The largest absolute Gasteiger partial charge is 0.339 e. The minimum absolute atomic E-state index is 0.0508. The second kappa shape index (κ2) is 9.34. The topological polar surface area (TPSA) is 88.6 Å². The third kappa shape index (κ3) is 4.03. The van der Waals surface area contributed by atoms with Gasteiger partial charge in [-0.05, 0) is 69.0 Å². The Morgan fingerprint density at radius 2 is 1.87 bits per heavy atom. The molecule has 0 radical (unpaired) electrons. The van der Waals surface area contributed by atoms with Crippen LogP contribution in [0.25, 0.3) is 11.2 Å². The highest BCUT2D eigenvalue weighted by molar-refractivity contribution is 6.30. The Morgan fingerprint density at radius 3 is 2.51 bits per heavy atom. The molecule has 1 aromatic carbocycles. The van der Waals surface area contributed by atoms with E-state index < -0.39 is 6.04 Å². The zero-order valence-electron chi connectivity index (χ0n) is 22.6. The molecule has 5 heterocycles. The van der Waals surface area contributed by atoms with Crippen molar-refractivity contribution in [2.75, 3.05) is 18.0 Å². The number of rotatable bonds is 4. The van der Waals surface area contributed by atoms with E-state index in [9.17, 15) is 9.59 Å². The van der Waals surface area contributed by atoms with E-state index in [0.717, 1.165) is 45.4 Å². The highest BCUT2D eigenvalue weighted by Crippen LogP contribution is 2.44. The number of nitrogens with zero attached hydrogens (tertiary/aromatic N) is 7. The van der Waals surface area contributed by atoms with E-state index in [1.807, 2.05) is 64.6 Å². The number of carbonyl (C=O) groups is 2. The van der Waals surface area contributed by atoms with Crippen LogP contribution in [0, 0.1) is 13.8 Å². The molecule has 39 heavy (non-hydrogen) atoms. The van der Waals surface area contributed by atoms with Crippen LogP contribution >= 0.6 is 11.6 Å². The average molecular weight is 544 g/mol. The van der Waals surface area contributed by atoms with Crippen LogP contribution in [-0.4, -0.2) is 54.0 Å². The second-order valence-electron chi connectivity index (χ2n) is 10.5. The summed E-state index contributed by atoms with van der Waals surface area (Å²) in [4.78, 5) is 34.8. The van der Waals surface area contributed by atoms with Gasteiger partial charge in [-0.1, -0.05) is 29.8 Å². The quantitative estimate of drug-likeness (QED) is 0.354. The third-order valence-electron chi connectivity index (χ3n) is 7.65. The average Bonchev–Trinajstić information content (AvgIpc) is 3.56. The molecular formula is C29H30ClN7O2. The number of fused-ring (bicyclic) bond motifs is 2. The smallest absolute Gasteiger partial charge is 0.279 e. The zero-order valence-corrected chi connectivity index (χ0v) is 23.4. The third-order valence-corrected chi connectivity index (χ3v) is 7.91. The van der Waals surface area contributed by atoms with Gasteiger partial charge in [0.1, 0.15) is 17.7 Å². The van der Waals surface area contributed by atoms with E-state index in [1.54, 1.807) is 6.92 Å². The van der Waals surface area contributed by atoms with Crippen molar-refractivity contribution in [2.24, 2.45) is 0 Å².